The third-order valence-electron chi connectivity index (χ3n) is 0.514. The van der Waals surface area contributed by atoms with E-state index in [1.807, 2.05) is 6.92 Å². The number of rotatable bonds is 5. The van der Waals surface area contributed by atoms with Crippen molar-refractivity contribution in [1.82, 2.24) is 0 Å². The first-order chi connectivity index (χ1) is 4.27. The molecule has 0 saturated heterocycles. The van der Waals surface area contributed by atoms with Gasteiger partial charge in [0.05, 0.1) is 6.61 Å². The predicted molar refractivity (Wildman–Crippen MR) is 30.1 cm³/mol. The van der Waals surface area contributed by atoms with Crippen molar-refractivity contribution in [2.45, 2.75) is 26.6 Å². The Kier molecular flexibility index (Phi) is 5.86. The third-order valence-corrected chi connectivity index (χ3v) is 0.514. The maximum Gasteiger partial charge on any atom is 0.188 e. The molecule has 0 aliphatic heterocycles. The second-order valence-electron chi connectivity index (χ2n) is 1.59. The van der Waals surface area contributed by atoms with Gasteiger partial charge in [-0.15, -0.1) is 0 Å². The van der Waals surface area contributed by atoms with E-state index < -0.39 is 6.29 Å². The maximum atomic E-state index is 8.42. The second kappa shape index (κ2) is 5.97. The van der Waals surface area contributed by atoms with E-state index in [0.29, 0.717) is 6.61 Å². The van der Waals surface area contributed by atoms with Crippen LogP contribution in [0.4, 0.5) is 0 Å². The summed E-state index contributed by atoms with van der Waals surface area (Å²) in [6.07, 6.45) is -0.0924. The predicted octanol–water partition coefficient (Wildman–Crippen LogP) is 0.615. The molecule has 0 aromatic rings. The summed E-state index contributed by atoms with van der Waals surface area (Å²) in [6, 6.07) is 0. The van der Waals surface area contributed by atoms with Crippen LogP contribution >= 0.6 is 0 Å². The van der Waals surface area contributed by atoms with Crippen LogP contribution in [0.1, 0.15) is 20.3 Å². The monoisotopic (exact) mass is 136 g/mol. The van der Waals surface area contributed by atoms with Gasteiger partial charge in [0.2, 0.25) is 0 Å². The molecule has 0 heterocycles. The fourth-order valence-corrected chi connectivity index (χ4v) is 0.202. The maximum absolute atomic E-state index is 8.42. The van der Waals surface area contributed by atoms with Gasteiger partial charge < -0.3 is 5.11 Å². The van der Waals surface area contributed by atoms with Crippen molar-refractivity contribution in [2.75, 3.05) is 6.61 Å². The van der Waals surface area contributed by atoms with E-state index >= 15 is 0 Å². The summed E-state index contributed by atoms with van der Waals surface area (Å²) >= 11 is 0. The van der Waals surface area contributed by atoms with Gasteiger partial charge in [-0.2, -0.15) is 4.89 Å². The lowest BCUT2D eigenvalue weighted by atomic mass is 10.5. The summed E-state index contributed by atoms with van der Waals surface area (Å²) in [7, 11) is 0. The number of hydrogen-bond acceptors (Lipinski definition) is 4. The zero-order valence-corrected chi connectivity index (χ0v) is 5.66. The highest BCUT2D eigenvalue weighted by Gasteiger charge is 1.93. The average Bonchev–Trinajstić information content (AvgIpc) is 1.80. The topological polar surface area (TPSA) is 47.9 Å². The summed E-state index contributed by atoms with van der Waals surface area (Å²) in [5, 5.41) is 12.5. The highest BCUT2D eigenvalue weighted by atomic mass is 17.5. The van der Waals surface area contributed by atoms with E-state index in [4.69, 9.17) is 5.11 Å². The first-order valence-electron chi connectivity index (χ1n) is 2.90. The molecule has 1 N–H and O–H groups in total. The Morgan fingerprint density at radius 2 is 2.22 bits per heavy atom. The Labute approximate surface area is 54.2 Å². The molecule has 0 aromatic heterocycles. The first kappa shape index (κ1) is 8.84. The molecular formula is C5H12O4. The molecule has 4 nitrogen and oxygen atoms in total. The zero-order chi connectivity index (χ0) is 7.11. The summed E-state index contributed by atoms with van der Waals surface area (Å²) in [6.45, 7) is 3.83. The van der Waals surface area contributed by atoms with Crippen LogP contribution in [0.5, 0.6) is 0 Å². The Hall–Kier alpha value is -0.160. The van der Waals surface area contributed by atoms with Gasteiger partial charge in [-0.25, -0.2) is 4.89 Å². The van der Waals surface area contributed by atoms with Crippen molar-refractivity contribution in [3.8, 4) is 0 Å². The fraction of sp³-hybridized carbons (Fsp3) is 1.00. The number of aliphatic hydroxyl groups is 1. The third kappa shape index (κ3) is 7.84. The molecule has 0 aromatic carbocycles. The van der Waals surface area contributed by atoms with Gasteiger partial charge in [0, 0.05) is 0 Å². The molecule has 0 amide bonds. The molecule has 0 aliphatic rings. The van der Waals surface area contributed by atoms with Crippen LogP contribution in [0.15, 0.2) is 0 Å². The van der Waals surface area contributed by atoms with Gasteiger partial charge in [0.1, 0.15) is 0 Å². The smallest absolute Gasteiger partial charge is 0.188 e. The van der Waals surface area contributed by atoms with E-state index in [2.05, 4.69) is 14.8 Å². The molecule has 1 unspecified atom stereocenters. The van der Waals surface area contributed by atoms with Crippen molar-refractivity contribution in [3.63, 3.8) is 0 Å². The minimum absolute atomic E-state index is 0.465. The van der Waals surface area contributed by atoms with Gasteiger partial charge in [-0.3, -0.25) is 0 Å². The average molecular weight is 136 g/mol. The van der Waals surface area contributed by atoms with Crippen LogP contribution in [0.3, 0.4) is 0 Å². The lowest BCUT2D eigenvalue weighted by molar-refractivity contribution is -0.542. The van der Waals surface area contributed by atoms with Crippen molar-refractivity contribution in [3.05, 3.63) is 0 Å². The Morgan fingerprint density at radius 1 is 1.56 bits per heavy atom. The van der Waals surface area contributed by atoms with Gasteiger partial charge in [0.25, 0.3) is 0 Å². The van der Waals surface area contributed by atoms with Gasteiger partial charge in [0.15, 0.2) is 6.29 Å². The highest BCUT2D eigenvalue weighted by molar-refractivity contribution is 4.13. The highest BCUT2D eigenvalue weighted by Crippen LogP contribution is 1.87. The molecule has 0 rings (SSSR count). The van der Waals surface area contributed by atoms with Crippen LogP contribution in [-0.2, 0) is 14.8 Å². The summed E-state index contributed by atoms with van der Waals surface area (Å²) in [5.74, 6) is 0. The molecule has 56 valence electrons. The van der Waals surface area contributed by atoms with Gasteiger partial charge in [-0.05, 0) is 13.3 Å². The molecule has 9 heavy (non-hydrogen) atoms. The number of hydrogen-bond donors (Lipinski definition) is 1. The molecule has 4 heteroatoms. The molecular weight excluding hydrogens is 124 g/mol. The molecule has 0 spiro atoms. The van der Waals surface area contributed by atoms with Gasteiger partial charge >= 0.3 is 0 Å². The van der Waals surface area contributed by atoms with Crippen LogP contribution in [0.25, 0.3) is 0 Å². The zero-order valence-electron chi connectivity index (χ0n) is 5.66. The lowest BCUT2D eigenvalue weighted by Gasteiger charge is -2.02. The first-order valence-corrected chi connectivity index (χ1v) is 2.90. The Balaban J connectivity index is 2.75. The van der Waals surface area contributed by atoms with E-state index in [1.165, 1.54) is 6.92 Å². The largest absolute Gasteiger partial charge is 0.366 e. The summed E-state index contributed by atoms with van der Waals surface area (Å²) in [4.78, 5) is 8.59. The van der Waals surface area contributed by atoms with Crippen LogP contribution in [0.2, 0.25) is 0 Å². The Bertz CT molecular complexity index is 54.9. The SMILES string of the molecule is CCCOOOC(C)O. The van der Waals surface area contributed by atoms with E-state index in [1.54, 1.807) is 0 Å². The van der Waals surface area contributed by atoms with Crippen molar-refractivity contribution in [1.29, 1.82) is 0 Å². The van der Waals surface area contributed by atoms with E-state index in [-0.39, 0.29) is 0 Å². The van der Waals surface area contributed by atoms with Crippen molar-refractivity contribution < 1.29 is 19.9 Å². The quantitative estimate of drug-likeness (QED) is 0.260. The molecule has 0 radical (unpaired) electrons. The van der Waals surface area contributed by atoms with E-state index in [9.17, 15) is 0 Å². The minimum Gasteiger partial charge on any atom is -0.366 e. The summed E-state index contributed by atoms with van der Waals surface area (Å²) < 4.78 is 0. The Morgan fingerprint density at radius 3 is 2.67 bits per heavy atom. The number of aliphatic hydroxyl groups excluding tert-OH is 1. The normalized spacial score (nSPS) is 13.7. The second-order valence-corrected chi connectivity index (χ2v) is 1.59. The van der Waals surface area contributed by atoms with Crippen molar-refractivity contribution in [2.24, 2.45) is 0 Å². The molecule has 1 atom stereocenters. The summed E-state index contributed by atoms with van der Waals surface area (Å²) in [5.41, 5.74) is 0. The van der Waals surface area contributed by atoms with Crippen LogP contribution < -0.4 is 0 Å². The van der Waals surface area contributed by atoms with E-state index in [0.717, 1.165) is 6.42 Å². The standard InChI is InChI=1S/C5H12O4/c1-3-4-7-9-8-5(2)6/h5-6H,3-4H2,1-2H3. The fourth-order valence-electron chi connectivity index (χ4n) is 0.202. The van der Waals surface area contributed by atoms with Crippen LogP contribution in [-0.4, -0.2) is 18.0 Å². The van der Waals surface area contributed by atoms with Gasteiger partial charge in [-0.1, -0.05) is 12.0 Å². The lowest BCUT2D eigenvalue weighted by Crippen LogP contribution is -2.07. The molecule has 0 bridgehead atoms. The minimum atomic E-state index is -0.943. The van der Waals surface area contributed by atoms with Crippen molar-refractivity contribution >= 4 is 0 Å². The molecule has 0 saturated carbocycles. The van der Waals surface area contributed by atoms with Crippen LogP contribution in [0, 0.1) is 0 Å². The molecule has 0 fully saturated rings. The molecule has 0 aliphatic carbocycles.